The normalized spacial score (nSPS) is 10.3. The molecule has 0 saturated heterocycles. The molecule has 1 amide bonds. The van der Waals surface area contributed by atoms with E-state index >= 15 is 0 Å². The molecule has 0 aromatic heterocycles. The molecule has 0 aliphatic carbocycles. The van der Waals surface area contributed by atoms with Gasteiger partial charge in [-0.1, -0.05) is 23.2 Å². The average molecular weight is 424 g/mol. The molecule has 0 bridgehead atoms. The van der Waals surface area contributed by atoms with Gasteiger partial charge in [-0.25, -0.2) is 0 Å². The van der Waals surface area contributed by atoms with Gasteiger partial charge in [-0.05, 0) is 68.3 Å². The highest BCUT2D eigenvalue weighted by atomic mass is 79.9. The van der Waals surface area contributed by atoms with Gasteiger partial charge in [0.1, 0.15) is 0 Å². The molecule has 0 aliphatic rings. The number of halogens is 4. The molecule has 0 atom stereocenters. The Labute approximate surface area is 137 Å². The van der Waals surface area contributed by atoms with E-state index in [0.717, 1.165) is 8.95 Å². The van der Waals surface area contributed by atoms with Crippen molar-refractivity contribution in [3.8, 4) is 0 Å². The van der Waals surface area contributed by atoms with Crippen molar-refractivity contribution in [2.45, 2.75) is 0 Å². The van der Waals surface area contributed by atoms with E-state index in [9.17, 15) is 4.79 Å². The number of nitrogens with one attached hydrogen (secondary N) is 1. The molecule has 0 fully saturated rings. The maximum absolute atomic E-state index is 12.1. The lowest BCUT2D eigenvalue weighted by molar-refractivity contribution is 0.102. The number of benzene rings is 2. The van der Waals surface area contributed by atoms with Crippen molar-refractivity contribution < 1.29 is 4.79 Å². The van der Waals surface area contributed by atoms with Gasteiger partial charge >= 0.3 is 0 Å². The zero-order valence-electron chi connectivity index (χ0n) is 9.38. The van der Waals surface area contributed by atoms with Gasteiger partial charge in [0.2, 0.25) is 0 Å². The summed E-state index contributed by atoms with van der Waals surface area (Å²) in [6.45, 7) is 0. The summed E-state index contributed by atoms with van der Waals surface area (Å²) in [5.41, 5.74) is 1.13. The van der Waals surface area contributed by atoms with E-state index in [1.807, 2.05) is 0 Å². The summed E-state index contributed by atoms with van der Waals surface area (Å²) in [7, 11) is 0. The Kier molecular flexibility index (Phi) is 4.90. The van der Waals surface area contributed by atoms with Crippen molar-refractivity contribution in [3.63, 3.8) is 0 Å². The third-order valence-corrected chi connectivity index (χ3v) is 4.48. The van der Waals surface area contributed by atoms with E-state index in [1.54, 1.807) is 36.4 Å². The van der Waals surface area contributed by atoms with Gasteiger partial charge < -0.3 is 5.32 Å². The van der Waals surface area contributed by atoms with E-state index in [1.165, 1.54) is 0 Å². The third kappa shape index (κ3) is 3.72. The zero-order chi connectivity index (χ0) is 14.0. The van der Waals surface area contributed by atoms with E-state index in [4.69, 9.17) is 23.2 Å². The number of hydrogen-bond donors (Lipinski definition) is 1. The van der Waals surface area contributed by atoms with Crippen LogP contribution in [0.4, 0.5) is 5.69 Å². The van der Waals surface area contributed by atoms with Gasteiger partial charge in [0.05, 0.1) is 10.7 Å². The lowest BCUT2D eigenvalue weighted by atomic mass is 10.2. The molecule has 0 aliphatic heterocycles. The number of rotatable bonds is 2. The summed E-state index contributed by atoms with van der Waals surface area (Å²) in [5.74, 6) is -0.238. The van der Waals surface area contributed by atoms with Gasteiger partial charge in [-0.2, -0.15) is 0 Å². The lowest BCUT2D eigenvalue weighted by Gasteiger charge is -2.08. The Morgan fingerprint density at radius 1 is 1.00 bits per heavy atom. The number of carbonyl (C=O) groups is 1. The molecular weight excluding hydrogens is 417 g/mol. The summed E-state index contributed by atoms with van der Waals surface area (Å²) in [5, 5.41) is 3.86. The fourth-order valence-corrected chi connectivity index (χ4v) is 2.63. The minimum absolute atomic E-state index is 0.238. The van der Waals surface area contributed by atoms with Crippen LogP contribution in [-0.2, 0) is 0 Å². The predicted molar refractivity (Wildman–Crippen MR) is 86.3 cm³/mol. The van der Waals surface area contributed by atoms with Crippen LogP contribution in [0, 0.1) is 0 Å². The van der Waals surface area contributed by atoms with Gasteiger partial charge in [0.25, 0.3) is 5.91 Å². The van der Waals surface area contributed by atoms with Crippen LogP contribution in [-0.4, -0.2) is 5.91 Å². The second-order valence-electron chi connectivity index (χ2n) is 3.71. The van der Waals surface area contributed by atoms with Crippen LogP contribution >= 0.6 is 55.1 Å². The smallest absolute Gasteiger partial charge is 0.255 e. The topological polar surface area (TPSA) is 29.1 Å². The van der Waals surface area contributed by atoms with Crippen molar-refractivity contribution in [2.24, 2.45) is 0 Å². The standard InChI is InChI=1S/C13H7Br2Cl2NO/c14-9-3-1-7(5-11(9)17)13(19)18-12-4-2-8(16)6-10(12)15/h1-6H,(H,18,19). The van der Waals surface area contributed by atoms with Crippen LogP contribution in [0.25, 0.3) is 0 Å². The van der Waals surface area contributed by atoms with Crippen molar-refractivity contribution >= 4 is 66.7 Å². The Balaban J connectivity index is 2.23. The number of carbonyl (C=O) groups excluding carboxylic acids is 1. The molecule has 0 spiro atoms. The molecule has 0 radical (unpaired) electrons. The first kappa shape index (κ1) is 14.9. The average Bonchev–Trinajstić information content (AvgIpc) is 2.36. The van der Waals surface area contributed by atoms with E-state index in [-0.39, 0.29) is 5.91 Å². The SMILES string of the molecule is O=C(Nc1ccc(Cl)cc1Br)c1ccc(Br)c(Cl)c1. The monoisotopic (exact) mass is 421 g/mol. The van der Waals surface area contributed by atoms with Crippen LogP contribution in [0.2, 0.25) is 10.0 Å². The molecule has 6 heteroatoms. The maximum atomic E-state index is 12.1. The Morgan fingerprint density at radius 3 is 2.37 bits per heavy atom. The van der Waals surface area contributed by atoms with Gasteiger partial charge in [-0.15, -0.1) is 0 Å². The first-order valence-corrected chi connectivity index (χ1v) is 7.53. The fourth-order valence-electron chi connectivity index (χ4n) is 1.42. The second kappa shape index (κ2) is 6.27. The van der Waals surface area contributed by atoms with Crippen LogP contribution in [0.1, 0.15) is 10.4 Å². The maximum Gasteiger partial charge on any atom is 0.255 e. The molecule has 0 heterocycles. The highest BCUT2D eigenvalue weighted by molar-refractivity contribution is 9.11. The Bertz CT molecular complexity index is 647. The highest BCUT2D eigenvalue weighted by Crippen LogP contribution is 2.27. The van der Waals surface area contributed by atoms with E-state index < -0.39 is 0 Å². The molecule has 19 heavy (non-hydrogen) atoms. The largest absolute Gasteiger partial charge is 0.321 e. The number of anilines is 1. The molecule has 2 aromatic carbocycles. The second-order valence-corrected chi connectivity index (χ2v) is 6.26. The van der Waals surface area contributed by atoms with Crippen LogP contribution in [0.3, 0.4) is 0 Å². The van der Waals surface area contributed by atoms with Crippen LogP contribution < -0.4 is 5.32 Å². The minimum Gasteiger partial charge on any atom is -0.321 e. The predicted octanol–water partition coefficient (Wildman–Crippen LogP) is 5.77. The lowest BCUT2D eigenvalue weighted by Crippen LogP contribution is -2.12. The van der Waals surface area contributed by atoms with Crippen molar-refractivity contribution in [1.29, 1.82) is 0 Å². The van der Waals surface area contributed by atoms with Crippen LogP contribution in [0.15, 0.2) is 45.3 Å². The summed E-state index contributed by atoms with van der Waals surface area (Å²) < 4.78 is 1.47. The molecule has 2 nitrogen and oxygen atoms in total. The summed E-state index contributed by atoms with van der Waals surface area (Å²) in [6, 6.07) is 10.2. The molecule has 0 unspecified atom stereocenters. The van der Waals surface area contributed by atoms with Gasteiger partial charge in [0.15, 0.2) is 0 Å². The molecular formula is C13H7Br2Cl2NO. The number of amides is 1. The quantitative estimate of drug-likeness (QED) is 0.652. The number of hydrogen-bond acceptors (Lipinski definition) is 1. The highest BCUT2D eigenvalue weighted by Gasteiger charge is 2.10. The third-order valence-electron chi connectivity index (χ3n) is 2.36. The van der Waals surface area contributed by atoms with E-state index in [2.05, 4.69) is 37.2 Å². The molecule has 2 rings (SSSR count). The fraction of sp³-hybridized carbons (Fsp3) is 0. The first-order chi connectivity index (χ1) is 8.97. The Morgan fingerprint density at radius 2 is 1.74 bits per heavy atom. The van der Waals surface area contributed by atoms with Crippen molar-refractivity contribution in [3.05, 3.63) is 61.0 Å². The molecule has 98 valence electrons. The Hall–Kier alpha value is -0.550. The van der Waals surface area contributed by atoms with E-state index in [0.29, 0.717) is 21.3 Å². The van der Waals surface area contributed by atoms with Crippen molar-refractivity contribution in [1.82, 2.24) is 0 Å². The first-order valence-electron chi connectivity index (χ1n) is 5.19. The molecule has 1 N–H and O–H groups in total. The van der Waals surface area contributed by atoms with Gasteiger partial charge in [0, 0.05) is 19.5 Å². The van der Waals surface area contributed by atoms with Crippen LogP contribution in [0.5, 0.6) is 0 Å². The minimum atomic E-state index is -0.238. The summed E-state index contributed by atoms with van der Waals surface area (Å²) in [4.78, 5) is 12.1. The molecule has 2 aromatic rings. The zero-order valence-corrected chi connectivity index (χ0v) is 14.1. The molecule has 0 saturated carbocycles. The van der Waals surface area contributed by atoms with Gasteiger partial charge in [-0.3, -0.25) is 4.79 Å². The summed E-state index contributed by atoms with van der Waals surface area (Å²) >= 11 is 18.4. The summed E-state index contributed by atoms with van der Waals surface area (Å²) in [6.07, 6.45) is 0. The van der Waals surface area contributed by atoms with Crippen molar-refractivity contribution in [2.75, 3.05) is 5.32 Å².